The van der Waals surface area contributed by atoms with Gasteiger partial charge in [-0.05, 0) is 38.3 Å². The van der Waals surface area contributed by atoms with Gasteiger partial charge in [-0.1, -0.05) is 13.8 Å². The van der Waals surface area contributed by atoms with E-state index in [2.05, 4.69) is 54.6 Å². The molecule has 29 heavy (non-hydrogen) atoms. The van der Waals surface area contributed by atoms with Gasteiger partial charge in [-0.25, -0.2) is 4.98 Å². The molecule has 2 fully saturated rings. The van der Waals surface area contributed by atoms with Gasteiger partial charge in [0.15, 0.2) is 5.96 Å². The molecule has 0 amide bonds. The molecule has 166 valence electrons. The minimum Gasteiger partial charge on any atom is -0.356 e. The summed E-state index contributed by atoms with van der Waals surface area (Å²) in [5, 5.41) is 3.60. The van der Waals surface area contributed by atoms with Crippen molar-refractivity contribution in [3.8, 4) is 0 Å². The van der Waals surface area contributed by atoms with Crippen molar-refractivity contribution < 1.29 is 0 Å². The van der Waals surface area contributed by atoms with Crippen LogP contribution in [0.3, 0.4) is 0 Å². The summed E-state index contributed by atoms with van der Waals surface area (Å²) in [4.78, 5) is 16.3. The van der Waals surface area contributed by atoms with E-state index in [0.717, 1.165) is 25.6 Å². The van der Waals surface area contributed by atoms with Gasteiger partial charge in [0.05, 0.1) is 12.4 Å². The number of aromatic nitrogens is 2. The van der Waals surface area contributed by atoms with E-state index in [4.69, 9.17) is 0 Å². The fourth-order valence-electron chi connectivity index (χ4n) is 4.42. The Hall–Kier alpha value is -0.870. The molecule has 0 aliphatic carbocycles. The average molecular weight is 518 g/mol. The third-order valence-corrected chi connectivity index (χ3v) is 6.43. The van der Waals surface area contributed by atoms with Crippen molar-refractivity contribution >= 4 is 29.9 Å². The summed E-state index contributed by atoms with van der Waals surface area (Å²) in [6.07, 6.45) is 9.55. The molecule has 0 aromatic carbocycles. The number of piperidine rings is 1. The molecule has 2 unspecified atom stereocenters. The summed E-state index contributed by atoms with van der Waals surface area (Å²) >= 11 is 0. The number of hydrogen-bond donors (Lipinski definition) is 1. The zero-order valence-corrected chi connectivity index (χ0v) is 20.8. The van der Waals surface area contributed by atoms with E-state index >= 15 is 0 Å². The van der Waals surface area contributed by atoms with Crippen LogP contribution >= 0.6 is 24.0 Å². The Kier molecular flexibility index (Phi) is 10.7. The van der Waals surface area contributed by atoms with Crippen LogP contribution in [-0.2, 0) is 0 Å². The number of likely N-dealkylation sites (N-methyl/N-ethyl adjacent to an activating group) is 1. The molecule has 1 N–H and O–H groups in total. The number of likely N-dealkylation sites (tertiary alicyclic amines) is 1. The fourth-order valence-corrected chi connectivity index (χ4v) is 4.42. The standard InChI is InChI=1S/C21H39N7.HI/c1-4-25-13-15-26(16-14-25)10-6-5-8-24-21(22-3)27-11-7-19(2)20(17-27)28-12-9-23-18-28;/h9,12,18-20H,4-8,10-11,13-17H2,1-3H3,(H,22,24);1H. The maximum atomic E-state index is 4.55. The molecule has 2 saturated heterocycles. The van der Waals surface area contributed by atoms with Gasteiger partial charge in [0.25, 0.3) is 0 Å². The first-order chi connectivity index (χ1) is 13.7. The molecule has 1 aromatic heterocycles. The highest BCUT2D eigenvalue weighted by Gasteiger charge is 2.28. The number of imidazole rings is 1. The maximum absolute atomic E-state index is 4.55. The van der Waals surface area contributed by atoms with E-state index in [0.29, 0.717) is 12.0 Å². The zero-order valence-electron chi connectivity index (χ0n) is 18.5. The Bertz CT molecular complexity index is 584. The Morgan fingerprint density at radius 2 is 1.90 bits per heavy atom. The third-order valence-electron chi connectivity index (χ3n) is 6.43. The number of piperazine rings is 1. The minimum atomic E-state index is 0. The van der Waals surface area contributed by atoms with Gasteiger partial charge in [0.2, 0.25) is 0 Å². The van der Waals surface area contributed by atoms with Crippen LogP contribution in [0.5, 0.6) is 0 Å². The highest BCUT2D eigenvalue weighted by Crippen LogP contribution is 2.27. The zero-order chi connectivity index (χ0) is 19.8. The van der Waals surface area contributed by atoms with Crippen molar-refractivity contribution in [3.05, 3.63) is 18.7 Å². The van der Waals surface area contributed by atoms with Crippen LogP contribution < -0.4 is 5.32 Å². The smallest absolute Gasteiger partial charge is 0.193 e. The second-order valence-corrected chi connectivity index (χ2v) is 8.25. The molecule has 0 saturated carbocycles. The average Bonchev–Trinajstić information content (AvgIpc) is 3.26. The van der Waals surface area contributed by atoms with Gasteiger partial charge in [-0.2, -0.15) is 0 Å². The Morgan fingerprint density at radius 3 is 2.55 bits per heavy atom. The van der Waals surface area contributed by atoms with Crippen molar-refractivity contribution in [2.75, 3.05) is 66.0 Å². The van der Waals surface area contributed by atoms with Crippen molar-refractivity contribution in [2.24, 2.45) is 10.9 Å². The second kappa shape index (κ2) is 12.7. The molecule has 0 bridgehead atoms. The lowest BCUT2D eigenvalue weighted by Gasteiger charge is -2.39. The molecule has 0 spiro atoms. The first-order valence-electron chi connectivity index (χ1n) is 11.1. The minimum absolute atomic E-state index is 0. The van der Waals surface area contributed by atoms with Gasteiger partial charge in [-0.3, -0.25) is 4.99 Å². The molecule has 3 rings (SSSR count). The lowest BCUT2D eigenvalue weighted by molar-refractivity contribution is 0.136. The predicted molar refractivity (Wildman–Crippen MR) is 131 cm³/mol. The van der Waals surface area contributed by atoms with Crippen LogP contribution in [0.25, 0.3) is 0 Å². The normalized spacial score (nSPS) is 24.4. The van der Waals surface area contributed by atoms with Crippen molar-refractivity contribution in [1.82, 2.24) is 29.6 Å². The van der Waals surface area contributed by atoms with Crippen LogP contribution in [0.1, 0.15) is 39.2 Å². The Morgan fingerprint density at radius 1 is 1.14 bits per heavy atom. The number of nitrogens with zero attached hydrogens (tertiary/aromatic N) is 6. The van der Waals surface area contributed by atoms with E-state index in [1.54, 1.807) is 0 Å². The number of halogens is 1. The van der Waals surface area contributed by atoms with E-state index < -0.39 is 0 Å². The number of aliphatic imine (C=N–C) groups is 1. The monoisotopic (exact) mass is 517 g/mol. The predicted octanol–water partition coefficient (Wildman–Crippen LogP) is 2.38. The molecule has 8 heteroatoms. The van der Waals surface area contributed by atoms with Gasteiger partial charge >= 0.3 is 0 Å². The second-order valence-electron chi connectivity index (χ2n) is 8.25. The first-order valence-corrected chi connectivity index (χ1v) is 11.1. The summed E-state index contributed by atoms with van der Waals surface area (Å²) in [6, 6.07) is 0.469. The number of hydrogen-bond acceptors (Lipinski definition) is 4. The lowest BCUT2D eigenvalue weighted by atomic mass is 9.93. The molecular formula is C21H40IN7. The summed E-state index contributed by atoms with van der Waals surface area (Å²) < 4.78 is 2.25. The van der Waals surface area contributed by atoms with Crippen LogP contribution in [0.4, 0.5) is 0 Å². The number of unbranched alkanes of at least 4 members (excludes halogenated alkanes) is 1. The van der Waals surface area contributed by atoms with Crippen LogP contribution in [0, 0.1) is 5.92 Å². The molecule has 7 nitrogen and oxygen atoms in total. The summed E-state index contributed by atoms with van der Waals surface area (Å²) in [6.45, 7) is 15.0. The highest BCUT2D eigenvalue weighted by atomic mass is 127. The lowest BCUT2D eigenvalue weighted by Crippen LogP contribution is -2.49. The van der Waals surface area contributed by atoms with E-state index in [1.807, 2.05) is 19.6 Å². The van der Waals surface area contributed by atoms with Crippen LogP contribution in [-0.4, -0.2) is 96.2 Å². The van der Waals surface area contributed by atoms with Crippen molar-refractivity contribution in [2.45, 2.75) is 39.2 Å². The number of rotatable bonds is 7. The van der Waals surface area contributed by atoms with Crippen LogP contribution in [0.2, 0.25) is 0 Å². The van der Waals surface area contributed by atoms with Gasteiger partial charge in [-0.15, -0.1) is 24.0 Å². The van der Waals surface area contributed by atoms with Gasteiger partial charge < -0.3 is 24.6 Å². The summed E-state index contributed by atoms with van der Waals surface area (Å²) in [7, 11) is 1.90. The molecular weight excluding hydrogens is 477 g/mol. The highest BCUT2D eigenvalue weighted by molar-refractivity contribution is 14.0. The summed E-state index contributed by atoms with van der Waals surface area (Å²) in [5.41, 5.74) is 0. The molecule has 0 radical (unpaired) electrons. The Labute approximate surface area is 193 Å². The number of nitrogens with one attached hydrogen (secondary N) is 1. The maximum Gasteiger partial charge on any atom is 0.193 e. The Balaban J connectivity index is 0.00000300. The SMILES string of the molecule is CCN1CCN(CCCCNC(=NC)N2CCC(C)C(n3ccnc3)C2)CC1.I. The molecule has 1 aromatic rings. The molecule has 2 aliphatic rings. The molecule has 2 atom stereocenters. The van der Waals surface area contributed by atoms with E-state index in [9.17, 15) is 0 Å². The summed E-state index contributed by atoms with van der Waals surface area (Å²) in [5.74, 6) is 1.71. The first kappa shape index (κ1) is 24.4. The van der Waals surface area contributed by atoms with Gasteiger partial charge in [0, 0.05) is 65.3 Å². The van der Waals surface area contributed by atoms with Crippen molar-refractivity contribution in [3.63, 3.8) is 0 Å². The fraction of sp³-hybridized carbons (Fsp3) is 0.810. The van der Waals surface area contributed by atoms with Crippen molar-refractivity contribution in [1.29, 1.82) is 0 Å². The van der Waals surface area contributed by atoms with Gasteiger partial charge in [0.1, 0.15) is 0 Å². The van der Waals surface area contributed by atoms with Crippen LogP contribution in [0.15, 0.2) is 23.7 Å². The number of guanidine groups is 1. The van der Waals surface area contributed by atoms with E-state index in [1.165, 1.54) is 58.5 Å². The topological polar surface area (TPSA) is 51.9 Å². The largest absolute Gasteiger partial charge is 0.356 e. The van der Waals surface area contributed by atoms with E-state index in [-0.39, 0.29) is 24.0 Å². The molecule has 2 aliphatic heterocycles. The molecule has 3 heterocycles. The quantitative estimate of drug-likeness (QED) is 0.261. The third kappa shape index (κ3) is 7.10.